The van der Waals surface area contributed by atoms with E-state index in [0.29, 0.717) is 5.02 Å². The Kier molecular flexibility index (Phi) is 5.07. The molecule has 0 aliphatic rings. The smallest absolute Gasteiger partial charge is 0.244 e. The van der Waals surface area contributed by atoms with Crippen molar-refractivity contribution >= 4 is 55.1 Å². The quantitative estimate of drug-likeness (QED) is 0.768. The molecule has 3 N–H and O–H groups in total. The Balaban J connectivity index is 2.32. The van der Waals surface area contributed by atoms with Gasteiger partial charge in [-0.2, -0.15) is 0 Å². The molecule has 2 aromatic carbocycles. The molecule has 0 radical (unpaired) electrons. The number of nitrogens with one attached hydrogen (secondary N) is 1. The lowest BCUT2D eigenvalue weighted by Crippen LogP contribution is -2.27. The number of benzene rings is 2. The number of hydrogen-bond acceptors (Lipinski definition) is 2. The third-order valence-corrected chi connectivity index (χ3v) is 4.40. The summed E-state index contributed by atoms with van der Waals surface area (Å²) in [5, 5.41) is 3.70. The van der Waals surface area contributed by atoms with Crippen molar-refractivity contribution in [2.24, 2.45) is 5.73 Å². The number of rotatable bonds is 4. The van der Waals surface area contributed by atoms with E-state index in [2.05, 4.69) is 37.2 Å². The minimum Gasteiger partial charge on any atom is -0.370 e. The lowest BCUT2D eigenvalue weighted by atomic mass is 10.1. The van der Waals surface area contributed by atoms with Crippen LogP contribution < -0.4 is 11.1 Å². The largest absolute Gasteiger partial charge is 0.370 e. The first-order valence-corrected chi connectivity index (χ1v) is 7.70. The van der Waals surface area contributed by atoms with Gasteiger partial charge in [-0.3, -0.25) is 4.79 Å². The summed E-state index contributed by atoms with van der Waals surface area (Å²) in [7, 11) is 0. The lowest BCUT2D eigenvalue weighted by molar-refractivity contribution is -0.118. The van der Waals surface area contributed by atoms with Crippen LogP contribution in [-0.2, 0) is 4.79 Å². The summed E-state index contributed by atoms with van der Waals surface area (Å²) in [6, 6.07) is 12.2. The van der Waals surface area contributed by atoms with Crippen molar-refractivity contribution < 1.29 is 4.79 Å². The van der Waals surface area contributed by atoms with Crippen LogP contribution in [-0.4, -0.2) is 5.91 Å². The standard InChI is InChI=1S/C14H11Br2ClN2O/c15-9-2-1-3-10(7-9)19-13(14(18)20)8-4-5-12(17)11(16)6-8/h1-7,13,19H,(H2,18,20). The molecule has 0 saturated carbocycles. The van der Waals surface area contributed by atoms with E-state index < -0.39 is 11.9 Å². The third kappa shape index (κ3) is 3.75. The van der Waals surface area contributed by atoms with E-state index >= 15 is 0 Å². The monoisotopic (exact) mass is 416 g/mol. The molecule has 0 aromatic heterocycles. The van der Waals surface area contributed by atoms with E-state index in [1.807, 2.05) is 24.3 Å². The maximum Gasteiger partial charge on any atom is 0.244 e. The van der Waals surface area contributed by atoms with Crippen LogP contribution in [0, 0.1) is 0 Å². The SMILES string of the molecule is NC(=O)C(Nc1cccc(Br)c1)c1ccc(Cl)c(Br)c1. The maximum atomic E-state index is 11.7. The summed E-state index contributed by atoms with van der Waals surface area (Å²) in [5.74, 6) is -0.459. The molecule has 0 aliphatic carbocycles. The van der Waals surface area contributed by atoms with Gasteiger partial charge in [0.1, 0.15) is 6.04 Å². The number of nitrogens with two attached hydrogens (primary N) is 1. The van der Waals surface area contributed by atoms with E-state index in [1.54, 1.807) is 18.2 Å². The zero-order valence-corrected chi connectivity index (χ0v) is 14.2. The van der Waals surface area contributed by atoms with Gasteiger partial charge in [-0.15, -0.1) is 0 Å². The van der Waals surface area contributed by atoms with Gasteiger partial charge in [0.2, 0.25) is 5.91 Å². The van der Waals surface area contributed by atoms with Crippen LogP contribution in [0.2, 0.25) is 5.02 Å². The van der Waals surface area contributed by atoms with Crippen LogP contribution in [0.1, 0.15) is 11.6 Å². The fourth-order valence-corrected chi connectivity index (χ4v) is 2.67. The molecule has 6 heteroatoms. The van der Waals surface area contributed by atoms with Crippen LogP contribution in [0.15, 0.2) is 51.4 Å². The molecule has 0 saturated heterocycles. The summed E-state index contributed by atoms with van der Waals surface area (Å²) in [6.45, 7) is 0. The third-order valence-electron chi connectivity index (χ3n) is 2.70. The topological polar surface area (TPSA) is 55.1 Å². The number of carbonyl (C=O) groups excluding carboxylic acids is 1. The van der Waals surface area contributed by atoms with Crippen molar-refractivity contribution in [2.45, 2.75) is 6.04 Å². The minimum atomic E-state index is -0.627. The van der Waals surface area contributed by atoms with Gasteiger partial charge in [0.25, 0.3) is 0 Å². The molecule has 3 nitrogen and oxygen atoms in total. The van der Waals surface area contributed by atoms with Gasteiger partial charge in [-0.1, -0.05) is 39.7 Å². The number of halogens is 3. The fourth-order valence-electron chi connectivity index (χ4n) is 1.76. The van der Waals surface area contributed by atoms with Crippen molar-refractivity contribution in [2.75, 3.05) is 5.32 Å². The Bertz CT molecular complexity index is 649. The van der Waals surface area contributed by atoms with Crippen LogP contribution in [0.25, 0.3) is 0 Å². The van der Waals surface area contributed by atoms with Crippen LogP contribution >= 0.6 is 43.5 Å². The highest BCUT2D eigenvalue weighted by molar-refractivity contribution is 9.10. The highest BCUT2D eigenvalue weighted by Gasteiger charge is 2.18. The molecule has 1 atom stereocenters. The normalized spacial score (nSPS) is 11.9. The maximum absolute atomic E-state index is 11.7. The van der Waals surface area contributed by atoms with Gasteiger partial charge in [0.05, 0.1) is 5.02 Å². The molecule has 2 rings (SSSR count). The van der Waals surface area contributed by atoms with Crippen LogP contribution in [0.5, 0.6) is 0 Å². The second kappa shape index (κ2) is 6.61. The van der Waals surface area contributed by atoms with Gasteiger partial charge in [0, 0.05) is 14.6 Å². The average molecular weight is 419 g/mol. The van der Waals surface area contributed by atoms with E-state index in [-0.39, 0.29) is 0 Å². The first-order valence-electron chi connectivity index (χ1n) is 5.74. The number of anilines is 1. The first kappa shape index (κ1) is 15.4. The molecule has 0 heterocycles. The van der Waals surface area contributed by atoms with Crippen molar-refractivity contribution in [3.05, 3.63) is 62.0 Å². The van der Waals surface area contributed by atoms with Crippen molar-refractivity contribution in [1.29, 1.82) is 0 Å². The number of hydrogen-bond donors (Lipinski definition) is 2. The zero-order valence-electron chi connectivity index (χ0n) is 10.2. The Morgan fingerprint density at radius 1 is 1.20 bits per heavy atom. The Hall–Kier alpha value is -1.04. The van der Waals surface area contributed by atoms with E-state index in [0.717, 1.165) is 20.2 Å². The Morgan fingerprint density at radius 3 is 2.55 bits per heavy atom. The lowest BCUT2D eigenvalue weighted by Gasteiger charge is -2.18. The van der Waals surface area contributed by atoms with Gasteiger partial charge < -0.3 is 11.1 Å². The number of carbonyl (C=O) groups is 1. The van der Waals surface area contributed by atoms with Gasteiger partial charge in [-0.25, -0.2) is 0 Å². The molecule has 0 bridgehead atoms. The molecular formula is C14H11Br2ClN2O. The molecule has 104 valence electrons. The first-order chi connectivity index (χ1) is 9.47. The highest BCUT2D eigenvalue weighted by Crippen LogP contribution is 2.28. The van der Waals surface area contributed by atoms with Crippen molar-refractivity contribution in [3.63, 3.8) is 0 Å². The molecule has 0 fully saturated rings. The average Bonchev–Trinajstić information content (AvgIpc) is 2.39. The van der Waals surface area contributed by atoms with Crippen molar-refractivity contribution in [3.8, 4) is 0 Å². The molecular weight excluding hydrogens is 407 g/mol. The van der Waals surface area contributed by atoms with Crippen LogP contribution in [0.3, 0.4) is 0 Å². The second-order valence-electron chi connectivity index (χ2n) is 4.16. The Labute approximate surface area is 138 Å². The van der Waals surface area contributed by atoms with E-state index in [1.165, 1.54) is 0 Å². The van der Waals surface area contributed by atoms with Gasteiger partial charge >= 0.3 is 0 Å². The summed E-state index contributed by atoms with van der Waals surface area (Å²) in [5.41, 5.74) is 7.03. The summed E-state index contributed by atoms with van der Waals surface area (Å²) in [4.78, 5) is 11.7. The molecule has 0 spiro atoms. The summed E-state index contributed by atoms with van der Waals surface area (Å²) < 4.78 is 1.64. The second-order valence-corrected chi connectivity index (χ2v) is 6.34. The molecule has 0 aliphatic heterocycles. The van der Waals surface area contributed by atoms with Gasteiger partial charge in [0.15, 0.2) is 0 Å². The number of amides is 1. The summed E-state index contributed by atoms with van der Waals surface area (Å²) >= 11 is 12.7. The molecule has 1 amide bonds. The van der Waals surface area contributed by atoms with E-state index in [4.69, 9.17) is 17.3 Å². The van der Waals surface area contributed by atoms with E-state index in [9.17, 15) is 4.79 Å². The zero-order chi connectivity index (χ0) is 14.7. The van der Waals surface area contributed by atoms with Gasteiger partial charge in [-0.05, 0) is 51.8 Å². The van der Waals surface area contributed by atoms with Crippen LogP contribution in [0.4, 0.5) is 5.69 Å². The predicted octanol–water partition coefficient (Wildman–Crippen LogP) is 4.50. The summed E-state index contributed by atoms with van der Waals surface area (Å²) in [6.07, 6.45) is 0. The molecule has 20 heavy (non-hydrogen) atoms. The highest BCUT2D eigenvalue weighted by atomic mass is 79.9. The fraction of sp³-hybridized carbons (Fsp3) is 0.0714. The predicted molar refractivity (Wildman–Crippen MR) is 88.9 cm³/mol. The molecule has 2 aromatic rings. The molecule has 1 unspecified atom stereocenters. The minimum absolute atomic E-state index is 0.459. The van der Waals surface area contributed by atoms with Crippen molar-refractivity contribution in [1.82, 2.24) is 0 Å². The Morgan fingerprint density at radius 2 is 1.95 bits per heavy atom. The number of primary amides is 1.